The topological polar surface area (TPSA) is 32.3 Å². The Kier molecular flexibility index (Phi) is 6.35. The van der Waals surface area contributed by atoms with Crippen molar-refractivity contribution in [2.45, 2.75) is 52.6 Å². The summed E-state index contributed by atoms with van der Waals surface area (Å²) in [6.45, 7) is 10.3. The van der Waals surface area contributed by atoms with E-state index in [4.69, 9.17) is 0 Å². The lowest BCUT2D eigenvalue weighted by molar-refractivity contribution is 0.0277. The van der Waals surface area contributed by atoms with Crippen molar-refractivity contribution in [3.63, 3.8) is 0 Å². The summed E-state index contributed by atoms with van der Waals surface area (Å²) in [5.41, 5.74) is -0.488. The van der Waals surface area contributed by atoms with Gasteiger partial charge < -0.3 is 10.4 Å². The van der Waals surface area contributed by atoms with Gasteiger partial charge in [0.15, 0.2) is 0 Å². The highest BCUT2D eigenvalue weighted by Crippen LogP contribution is 2.21. The molecule has 2 atom stereocenters. The highest BCUT2D eigenvalue weighted by atomic mass is 16.3. The van der Waals surface area contributed by atoms with Crippen LogP contribution in [0.4, 0.5) is 0 Å². The average molecular weight is 187 g/mol. The van der Waals surface area contributed by atoms with Gasteiger partial charge in [-0.25, -0.2) is 0 Å². The Balaban J connectivity index is 3.65. The number of nitrogens with one attached hydrogen (secondary N) is 1. The Morgan fingerprint density at radius 3 is 2.46 bits per heavy atom. The minimum absolute atomic E-state index is 0.488. The molecule has 2 unspecified atom stereocenters. The van der Waals surface area contributed by atoms with Crippen molar-refractivity contribution < 1.29 is 5.11 Å². The van der Waals surface area contributed by atoms with E-state index < -0.39 is 5.60 Å². The molecule has 0 aliphatic carbocycles. The van der Waals surface area contributed by atoms with Crippen LogP contribution in [0.15, 0.2) is 0 Å². The van der Waals surface area contributed by atoms with Gasteiger partial charge in [-0.15, -0.1) is 0 Å². The van der Waals surface area contributed by atoms with Crippen LogP contribution in [0.2, 0.25) is 0 Å². The van der Waals surface area contributed by atoms with Crippen LogP contribution in [0.5, 0.6) is 0 Å². The highest BCUT2D eigenvalue weighted by molar-refractivity contribution is 4.75. The molecule has 0 aliphatic rings. The zero-order valence-corrected chi connectivity index (χ0v) is 9.56. The van der Waals surface area contributed by atoms with E-state index in [2.05, 4.69) is 26.1 Å². The first kappa shape index (κ1) is 12.9. The van der Waals surface area contributed by atoms with E-state index in [9.17, 15) is 5.11 Å². The van der Waals surface area contributed by atoms with Gasteiger partial charge >= 0.3 is 0 Å². The Hall–Kier alpha value is -0.0800. The lowest BCUT2D eigenvalue weighted by Gasteiger charge is -2.26. The van der Waals surface area contributed by atoms with Gasteiger partial charge in [-0.1, -0.05) is 27.2 Å². The molecule has 0 heterocycles. The van der Waals surface area contributed by atoms with Crippen LogP contribution in [0.25, 0.3) is 0 Å². The van der Waals surface area contributed by atoms with Crippen molar-refractivity contribution in [1.82, 2.24) is 5.32 Å². The second kappa shape index (κ2) is 6.39. The van der Waals surface area contributed by atoms with E-state index in [0.29, 0.717) is 5.92 Å². The largest absolute Gasteiger partial charge is 0.390 e. The summed E-state index contributed by atoms with van der Waals surface area (Å²) in [5, 5.41) is 13.2. The predicted octanol–water partition coefficient (Wildman–Crippen LogP) is 2.17. The maximum Gasteiger partial charge on any atom is 0.0634 e. The first-order chi connectivity index (χ1) is 6.02. The number of aliphatic hydroxyl groups is 1. The third-order valence-electron chi connectivity index (χ3n) is 2.58. The lowest BCUT2D eigenvalue weighted by atomic mass is 9.89. The zero-order valence-electron chi connectivity index (χ0n) is 9.56. The number of rotatable bonds is 7. The highest BCUT2D eigenvalue weighted by Gasteiger charge is 2.21. The van der Waals surface area contributed by atoms with Gasteiger partial charge in [-0.2, -0.15) is 0 Å². The molecule has 0 aromatic heterocycles. The van der Waals surface area contributed by atoms with Crippen LogP contribution >= 0.6 is 0 Å². The monoisotopic (exact) mass is 187 g/mol. The van der Waals surface area contributed by atoms with Crippen LogP contribution < -0.4 is 5.32 Å². The molecule has 2 nitrogen and oxygen atoms in total. The van der Waals surface area contributed by atoms with Crippen molar-refractivity contribution in [2.24, 2.45) is 5.92 Å². The summed E-state index contributed by atoms with van der Waals surface area (Å²) in [4.78, 5) is 0. The summed E-state index contributed by atoms with van der Waals surface area (Å²) in [6.07, 6.45) is 2.91. The molecule has 80 valence electrons. The van der Waals surface area contributed by atoms with Gasteiger partial charge in [0, 0.05) is 0 Å². The van der Waals surface area contributed by atoms with Crippen molar-refractivity contribution in [1.29, 1.82) is 0 Å². The summed E-state index contributed by atoms with van der Waals surface area (Å²) in [5.74, 6) is 0.622. The molecule has 0 radical (unpaired) electrons. The van der Waals surface area contributed by atoms with Gasteiger partial charge in [0.1, 0.15) is 0 Å². The SMILES string of the molecule is CCNCCC(C)(O)CC(C)CC. The molecule has 0 saturated heterocycles. The van der Waals surface area contributed by atoms with Crippen LogP contribution in [0.1, 0.15) is 47.0 Å². The van der Waals surface area contributed by atoms with Crippen molar-refractivity contribution in [2.75, 3.05) is 13.1 Å². The second-order valence-corrected chi connectivity index (χ2v) is 4.32. The Bertz CT molecular complexity index is 123. The molecule has 0 aliphatic heterocycles. The summed E-state index contributed by atoms with van der Waals surface area (Å²) >= 11 is 0. The van der Waals surface area contributed by atoms with Crippen LogP contribution in [0.3, 0.4) is 0 Å². The van der Waals surface area contributed by atoms with Crippen molar-refractivity contribution >= 4 is 0 Å². The van der Waals surface area contributed by atoms with Crippen LogP contribution in [0, 0.1) is 5.92 Å². The molecule has 0 rings (SSSR count). The molecule has 0 spiro atoms. The lowest BCUT2D eigenvalue weighted by Crippen LogP contribution is -2.31. The van der Waals surface area contributed by atoms with Crippen molar-refractivity contribution in [3.05, 3.63) is 0 Å². The van der Waals surface area contributed by atoms with E-state index in [-0.39, 0.29) is 0 Å². The van der Waals surface area contributed by atoms with Gasteiger partial charge in [0.2, 0.25) is 0 Å². The molecule has 0 aromatic carbocycles. The van der Waals surface area contributed by atoms with E-state index in [1.54, 1.807) is 0 Å². The molecule has 0 amide bonds. The van der Waals surface area contributed by atoms with Gasteiger partial charge in [-0.05, 0) is 38.8 Å². The molecular formula is C11H25NO. The molecule has 0 aromatic rings. The zero-order chi connectivity index (χ0) is 10.3. The third kappa shape index (κ3) is 7.03. The summed E-state index contributed by atoms with van der Waals surface area (Å²) < 4.78 is 0. The summed E-state index contributed by atoms with van der Waals surface area (Å²) in [6, 6.07) is 0. The minimum atomic E-state index is -0.488. The maximum atomic E-state index is 10.0. The van der Waals surface area contributed by atoms with Crippen LogP contribution in [-0.2, 0) is 0 Å². The average Bonchev–Trinajstić information content (AvgIpc) is 2.03. The normalized spacial score (nSPS) is 18.2. The van der Waals surface area contributed by atoms with Gasteiger partial charge in [0.25, 0.3) is 0 Å². The molecule has 2 N–H and O–H groups in total. The Labute approximate surface area is 82.7 Å². The van der Waals surface area contributed by atoms with E-state index in [1.165, 1.54) is 0 Å². The van der Waals surface area contributed by atoms with E-state index in [0.717, 1.165) is 32.4 Å². The third-order valence-corrected chi connectivity index (χ3v) is 2.58. The fourth-order valence-corrected chi connectivity index (χ4v) is 1.53. The first-order valence-corrected chi connectivity index (χ1v) is 5.45. The molecule has 13 heavy (non-hydrogen) atoms. The quantitative estimate of drug-likeness (QED) is 0.599. The van der Waals surface area contributed by atoms with Gasteiger partial charge in [0.05, 0.1) is 5.60 Å². The molecule has 0 bridgehead atoms. The fraction of sp³-hybridized carbons (Fsp3) is 1.00. The number of hydrogen-bond acceptors (Lipinski definition) is 2. The minimum Gasteiger partial charge on any atom is -0.390 e. The van der Waals surface area contributed by atoms with Gasteiger partial charge in [-0.3, -0.25) is 0 Å². The van der Waals surface area contributed by atoms with Crippen molar-refractivity contribution in [3.8, 4) is 0 Å². The fourth-order valence-electron chi connectivity index (χ4n) is 1.53. The Morgan fingerprint density at radius 2 is 2.00 bits per heavy atom. The second-order valence-electron chi connectivity index (χ2n) is 4.32. The first-order valence-electron chi connectivity index (χ1n) is 5.45. The summed E-state index contributed by atoms with van der Waals surface area (Å²) in [7, 11) is 0. The van der Waals surface area contributed by atoms with E-state index >= 15 is 0 Å². The molecule has 0 saturated carbocycles. The number of hydrogen-bond donors (Lipinski definition) is 2. The molecule has 2 heteroatoms. The predicted molar refractivity (Wildman–Crippen MR) is 57.9 cm³/mol. The smallest absolute Gasteiger partial charge is 0.0634 e. The standard InChI is InChI=1S/C11H25NO/c1-5-10(3)9-11(4,13)7-8-12-6-2/h10,12-13H,5-9H2,1-4H3. The Morgan fingerprint density at radius 1 is 1.38 bits per heavy atom. The maximum absolute atomic E-state index is 10.0. The molecule has 0 fully saturated rings. The molecular weight excluding hydrogens is 162 g/mol. The van der Waals surface area contributed by atoms with Crippen LogP contribution in [-0.4, -0.2) is 23.8 Å². The van der Waals surface area contributed by atoms with E-state index in [1.807, 2.05) is 6.92 Å².